The van der Waals surface area contributed by atoms with E-state index in [9.17, 15) is 18.0 Å². The summed E-state index contributed by atoms with van der Waals surface area (Å²) in [5, 5.41) is 5.27. The molecule has 4 aromatic rings. The van der Waals surface area contributed by atoms with Crippen molar-refractivity contribution in [3.8, 4) is 22.8 Å². The highest BCUT2D eigenvalue weighted by Crippen LogP contribution is 2.51. The summed E-state index contributed by atoms with van der Waals surface area (Å²) in [6.45, 7) is 4.34. The van der Waals surface area contributed by atoms with Crippen molar-refractivity contribution in [1.82, 2.24) is 14.8 Å². The van der Waals surface area contributed by atoms with Crippen molar-refractivity contribution < 1.29 is 22.7 Å². The lowest BCUT2D eigenvalue weighted by molar-refractivity contribution is -0.274. The molecule has 0 spiro atoms. The summed E-state index contributed by atoms with van der Waals surface area (Å²) in [7, 11) is 0. The van der Waals surface area contributed by atoms with E-state index in [1.807, 2.05) is 30.3 Å². The van der Waals surface area contributed by atoms with Gasteiger partial charge in [-0.1, -0.05) is 61.2 Å². The Morgan fingerprint density at radius 3 is 2.48 bits per heavy atom. The first-order valence-corrected chi connectivity index (χ1v) is 15.6. The summed E-state index contributed by atoms with van der Waals surface area (Å²) < 4.78 is 42.8. The third-order valence-corrected chi connectivity index (χ3v) is 9.18. The molecule has 228 valence electrons. The Hall–Kier alpha value is -4.12. The monoisotopic (exact) mass is 619 g/mol. The van der Waals surface area contributed by atoms with Crippen LogP contribution in [0, 0.1) is 0 Å². The van der Waals surface area contributed by atoms with Gasteiger partial charge >= 0.3 is 6.36 Å². The Bertz CT molecular complexity index is 1660. The highest BCUT2D eigenvalue weighted by Gasteiger charge is 2.46. The van der Waals surface area contributed by atoms with Gasteiger partial charge in [0.05, 0.1) is 5.69 Å². The number of alkyl halides is 3. The van der Waals surface area contributed by atoms with Gasteiger partial charge in [-0.15, -0.1) is 18.3 Å². The SMILES string of the molecule is CCc1ccccc1N1C(=NC(=O)CC2(c3ccc(-c4ncn(-c5ccc(OC(F)(F)F)cc5)n4)cc3)CC2)SCCC1C. The van der Waals surface area contributed by atoms with Crippen molar-refractivity contribution >= 4 is 28.5 Å². The minimum absolute atomic E-state index is 0.103. The molecule has 0 radical (unpaired) electrons. The van der Waals surface area contributed by atoms with E-state index in [-0.39, 0.29) is 23.1 Å². The van der Waals surface area contributed by atoms with Crippen molar-refractivity contribution in [2.75, 3.05) is 10.7 Å². The molecule has 7 nitrogen and oxygen atoms in total. The Morgan fingerprint density at radius 1 is 1.07 bits per heavy atom. The van der Waals surface area contributed by atoms with Crippen LogP contribution in [0.4, 0.5) is 18.9 Å². The quantitative estimate of drug-likeness (QED) is 0.201. The first-order valence-electron chi connectivity index (χ1n) is 14.6. The number of hydrogen-bond acceptors (Lipinski definition) is 5. The van der Waals surface area contributed by atoms with E-state index in [4.69, 9.17) is 0 Å². The lowest BCUT2D eigenvalue weighted by Gasteiger charge is -2.36. The molecular formula is C33H32F3N5O2S. The van der Waals surface area contributed by atoms with E-state index < -0.39 is 6.36 Å². The Morgan fingerprint density at radius 2 is 1.80 bits per heavy atom. The average molecular weight is 620 g/mol. The number of benzene rings is 3. The second-order valence-electron chi connectivity index (χ2n) is 11.2. The topological polar surface area (TPSA) is 72.6 Å². The van der Waals surface area contributed by atoms with Gasteiger partial charge < -0.3 is 9.64 Å². The van der Waals surface area contributed by atoms with Crippen molar-refractivity contribution in [1.29, 1.82) is 0 Å². The number of carbonyl (C=O) groups is 1. The summed E-state index contributed by atoms with van der Waals surface area (Å²) in [6.07, 6.45) is 0.913. The molecule has 2 aliphatic rings. The second kappa shape index (κ2) is 12.1. The zero-order valence-corrected chi connectivity index (χ0v) is 25.2. The van der Waals surface area contributed by atoms with E-state index in [0.29, 0.717) is 17.9 Å². The van der Waals surface area contributed by atoms with Gasteiger partial charge in [-0.3, -0.25) is 4.79 Å². The molecule has 2 fully saturated rings. The number of hydrogen-bond donors (Lipinski definition) is 0. The van der Waals surface area contributed by atoms with Crippen molar-refractivity contribution in [3.63, 3.8) is 0 Å². The molecular weight excluding hydrogens is 587 g/mol. The maximum Gasteiger partial charge on any atom is 0.573 e. The van der Waals surface area contributed by atoms with Crippen molar-refractivity contribution in [2.45, 2.75) is 63.8 Å². The summed E-state index contributed by atoms with van der Waals surface area (Å²) in [5.41, 5.74) is 4.59. The lowest BCUT2D eigenvalue weighted by Crippen LogP contribution is -2.42. The number of ether oxygens (including phenoxy) is 1. The molecule has 44 heavy (non-hydrogen) atoms. The summed E-state index contributed by atoms with van der Waals surface area (Å²) in [4.78, 5) is 24.7. The minimum Gasteiger partial charge on any atom is -0.406 e. The number of halogens is 3. The standard InChI is InChI=1S/C33H32F3N5O2S/c1-3-23-6-4-5-7-28(23)41-22(2)16-19-44-31(41)38-29(42)20-32(17-18-32)25-10-8-24(9-11-25)30-37-21-40(39-30)26-12-14-27(15-13-26)43-33(34,35)36/h4-15,21-22H,3,16-20H2,1-2H3. The molecule has 3 aromatic carbocycles. The van der Waals surface area contributed by atoms with E-state index in [1.54, 1.807) is 11.8 Å². The predicted octanol–water partition coefficient (Wildman–Crippen LogP) is 7.73. The number of aromatic nitrogens is 3. The van der Waals surface area contributed by atoms with Gasteiger partial charge in [0, 0.05) is 34.9 Å². The molecule has 1 unspecified atom stereocenters. The molecule has 1 amide bonds. The van der Waals surface area contributed by atoms with Gasteiger partial charge in [0.2, 0.25) is 5.91 Å². The fourth-order valence-corrected chi connectivity index (χ4v) is 6.85. The van der Waals surface area contributed by atoms with Gasteiger partial charge in [0.15, 0.2) is 11.0 Å². The highest BCUT2D eigenvalue weighted by atomic mass is 32.2. The van der Waals surface area contributed by atoms with E-state index >= 15 is 0 Å². The Balaban J connectivity index is 1.15. The first-order chi connectivity index (χ1) is 21.1. The van der Waals surface area contributed by atoms with E-state index in [1.165, 1.54) is 40.8 Å². The number of para-hydroxylation sites is 1. The van der Waals surface area contributed by atoms with Crippen molar-refractivity contribution in [2.24, 2.45) is 4.99 Å². The smallest absolute Gasteiger partial charge is 0.406 e. The van der Waals surface area contributed by atoms with Crippen LogP contribution in [-0.2, 0) is 16.6 Å². The number of aryl methyl sites for hydroxylation is 1. The number of anilines is 1. The first kappa shape index (κ1) is 29.9. The van der Waals surface area contributed by atoms with Crippen LogP contribution >= 0.6 is 11.8 Å². The Kier molecular flexibility index (Phi) is 8.24. The normalized spacial score (nSPS) is 18.8. The third kappa shape index (κ3) is 6.52. The number of aliphatic imine (C=N–C) groups is 1. The number of nitrogens with zero attached hydrogens (tertiary/aromatic N) is 5. The van der Waals surface area contributed by atoms with Crippen LogP contribution in [0.15, 0.2) is 84.1 Å². The van der Waals surface area contributed by atoms with Crippen LogP contribution in [0.1, 0.15) is 50.7 Å². The molecule has 6 rings (SSSR count). The summed E-state index contributed by atoms with van der Waals surface area (Å²) in [6, 6.07) is 21.9. The van der Waals surface area contributed by atoms with Gasteiger partial charge in [-0.2, -0.15) is 4.99 Å². The number of rotatable bonds is 8. The second-order valence-corrected chi connectivity index (χ2v) is 12.3. The molecule has 1 saturated heterocycles. The maximum absolute atomic E-state index is 13.4. The molecule has 1 saturated carbocycles. The fourth-order valence-electron chi connectivity index (χ4n) is 5.63. The minimum atomic E-state index is -4.75. The van der Waals surface area contributed by atoms with E-state index in [2.05, 4.69) is 56.8 Å². The third-order valence-electron chi connectivity index (χ3n) is 8.19. The summed E-state index contributed by atoms with van der Waals surface area (Å²) in [5.74, 6) is 1.01. The molecule has 11 heteroatoms. The zero-order valence-electron chi connectivity index (χ0n) is 24.4. The fraction of sp³-hybridized carbons (Fsp3) is 0.333. The van der Waals surface area contributed by atoms with Crippen LogP contribution in [0.2, 0.25) is 0 Å². The Labute approximate surface area is 258 Å². The van der Waals surface area contributed by atoms with Crippen molar-refractivity contribution in [3.05, 3.63) is 90.3 Å². The van der Waals surface area contributed by atoms with Gasteiger partial charge in [0.1, 0.15) is 12.1 Å². The van der Waals surface area contributed by atoms with Crippen LogP contribution in [0.3, 0.4) is 0 Å². The van der Waals surface area contributed by atoms with E-state index in [0.717, 1.165) is 53.4 Å². The van der Waals surface area contributed by atoms with Gasteiger partial charge in [-0.25, -0.2) is 9.67 Å². The van der Waals surface area contributed by atoms with Gasteiger partial charge in [-0.05, 0) is 74.1 Å². The lowest BCUT2D eigenvalue weighted by atomic mass is 9.91. The molecule has 0 N–H and O–H groups in total. The van der Waals surface area contributed by atoms with Crippen LogP contribution in [0.25, 0.3) is 17.1 Å². The number of carbonyl (C=O) groups excluding carboxylic acids is 1. The molecule has 1 aliphatic heterocycles. The zero-order chi connectivity index (χ0) is 30.9. The predicted molar refractivity (Wildman–Crippen MR) is 166 cm³/mol. The molecule has 1 aliphatic carbocycles. The number of thioether (sulfide) groups is 1. The highest BCUT2D eigenvalue weighted by molar-refractivity contribution is 8.14. The largest absolute Gasteiger partial charge is 0.573 e. The van der Waals surface area contributed by atoms with Gasteiger partial charge in [0.25, 0.3) is 0 Å². The maximum atomic E-state index is 13.4. The summed E-state index contributed by atoms with van der Waals surface area (Å²) >= 11 is 1.65. The van der Waals surface area contributed by atoms with Crippen LogP contribution in [-0.4, -0.2) is 44.0 Å². The molecule has 1 atom stereocenters. The van der Waals surface area contributed by atoms with Crippen LogP contribution in [0.5, 0.6) is 5.75 Å². The molecule has 2 heterocycles. The number of amidine groups is 1. The molecule has 1 aromatic heterocycles. The average Bonchev–Trinajstić information content (AvgIpc) is 3.61. The number of amides is 1. The molecule has 0 bridgehead atoms. The van der Waals surface area contributed by atoms with Crippen LogP contribution < -0.4 is 9.64 Å².